The number of rotatable bonds is 3. The van der Waals surface area contributed by atoms with Crippen LogP contribution in [0.4, 0.5) is 4.79 Å². The first kappa shape index (κ1) is 14.8. The maximum Gasteiger partial charge on any atom is 0.411 e. The molecule has 7 nitrogen and oxygen atoms in total. The Hall–Kier alpha value is -2.12. The molecule has 3 atom stereocenters. The van der Waals surface area contributed by atoms with Crippen LogP contribution in [0.5, 0.6) is 0 Å². The number of morpholine rings is 1. The maximum absolute atomic E-state index is 12.3. The summed E-state index contributed by atoms with van der Waals surface area (Å²) in [6, 6.07) is 8.56. The van der Waals surface area contributed by atoms with Gasteiger partial charge in [-0.1, -0.05) is 30.3 Å². The molecule has 2 heterocycles. The van der Waals surface area contributed by atoms with E-state index in [1.807, 2.05) is 30.3 Å². The number of carbonyl (C=O) groups excluding carboxylic acids is 2. The van der Waals surface area contributed by atoms with E-state index in [0.717, 1.165) is 5.56 Å². The van der Waals surface area contributed by atoms with Crippen LogP contribution in [0.1, 0.15) is 5.56 Å². The van der Waals surface area contributed by atoms with Crippen LogP contribution in [0.15, 0.2) is 30.3 Å². The summed E-state index contributed by atoms with van der Waals surface area (Å²) in [7, 11) is 1.48. The Balaban J connectivity index is 1.67. The Morgan fingerprint density at radius 3 is 2.86 bits per heavy atom. The van der Waals surface area contributed by atoms with Crippen molar-refractivity contribution in [2.24, 2.45) is 0 Å². The summed E-state index contributed by atoms with van der Waals surface area (Å²) >= 11 is 0. The Morgan fingerprint density at radius 2 is 2.14 bits per heavy atom. The third-order valence-electron chi connectivity index (χ3n) is 3.69. The lowest BCUT2D eigenvalue weighted by atomic mass is 10.1. The molecule has 22 heavy (non-hydrogen) atoms. The SMILES string of the molecule is CO[C@@H]1CN(C(=O)OCc2ccccc2)[C@H]2C(=O)OCC2O1. The number of amides is 1. The lowest BCUT2D eigenvalue weighted by Crippen LogP contribution is -2.58. The number of methoxy groups -OCH3 is 1. The molecule has 0 aromatic heterocycles. The van der Waals surface area contributed by atoms with E-state index in [9.17, 15) is 9.59 Å². The van der Waals surface area contributed by atoms with Crippen LogP contribution in [0.3, 0.4) is 0 Å². The number of ether oxygens (including phenoxy) is 4. The second-order valence-corrected chi connectivity index (χ2v) is 5.11. The highest BCUT2D eigenvalue weighted by Gasteiger charge is 2.49. The van der Waals surface area contributed by atoms with Crippen molar-refractivity contribution in [3.05, 3.63) is 35.9 Å². The van der Waals surface area contributed by atoms with E-state index in [2.05, 4.69) is 0 Å². The number of hydrogen-bond donors (Lipinski definition) is 0. The second kappa shape index (κ2) is 6.33. The van der Waals surface area contributed by atoms with Gasteiger partial charge in [0.05, 0.1) is 6.54 Å². The molecule has 0 saturated carbocycles. The first-order valence-electron chi connectivity index (χ1n) is 7.01. The molecule has 1 amide bonds. The largest absolute Gasteiger partial charge is 0.461 e. The number of esters is 1. The quantitative estimate of drug-likeness (QED) is 0.773. The van der Waals surface area contributed by atoms with E-state index < -0.39 is 30.5 Å². The summed E-state index contributed by atoms with van der Waals surface area (Å²) in [5, 5.41) is 0. The molecular weight excluding hydrogens is 290 g/mol. The molecule has 3 rings (SSSR count). The smallest absolute Gasteiger partial charge is 0.411 e. The van der Waals surface area contributed by atoms with Gasteiger partial charge < -0.3 is 18.9 Å². The minimum absolute atomic E-state index is 0.117. The van der Waals surface area contributed by atoms with Gasteiger partial charge in [-0.3, -0.25) is 4.90 Å². The second-order valence-electron chi connectivity index (χ2n) is 5.11. The Bertz CT molecular complexity index is 548. The number of nitrogens with zero attached hydrogens (tertiary/aromatic N) is 1. The fourth-order valence-corrected chi connectivity index (χ4v) is 2.57. The zero-order valence-corrected chi connectivity index (χ0v) is 12.1. The standard InChI is InChI=1S/C15H17NO6/c1-19-12-7-16(13-11(22-12)9-20-14(13)17)15(18)21-8-10-5-3-2-4-6-10/h2-6,11-13H,7-9H2,1H3/t11?,12-,13+/m0/s1. The van der Waals surface area contributed by atoms with Crippen molar-refractivity contribution in [2.45, 2.75) is 25.0 Å². The molecule has 1 unspecified atom stereocenters. The number of benzene rings is 1. The van der Waals surface area contributed by atoms with Crippen LogP contribution in [0, 0.1) is 0 Å². The van der Waals surface area contributed by atoms with Crippen LogP contribution >= 0.6 is 0 Å². The molecule has 2 fully saturated rings. The molecular formula is C15H17NO6. The zero-order chi connectivity index (χ0) is 15.5. The fourth-order valence-electron chi connectivity index (χ4n) is 2.57. The molecule has 118 valence electrons. The average molecular weight is 307 g/mol. The summed E-state index contributed by atoms with van der Waals surface area (Å²) in [6.45, 7) is 0.382. The Labute approximate surface area is 127 Å². The van der Waals surface area contributed by atoms with E-state index in [1.54, 1.807) is 0 Å². The van der Waals surface area contributed by atoms with Crippen LogP contribution in [0.2, 0.25) is 0 Å². The van der Waals surface area contributed by atoms with Gasteiger partial charge in [-0.2, -0.15) is 0 Å². The van der Waals surface area contributed by atoms with Gasteiger partial charge >= 0.3 is 12.1 Å². The van der Waals surface area contributed by atoms with Gasteiger partial charge in [0.25, 0.3) is 0 Å². The summed E-state index contributed by atoms with van der Waals surface area (Å²) in [6.07, 6.45) is -1.70. The highest BCUT2D eigenvalue weighted by atomic mass is 16.7. The third kappa shape index (κ3) is 2.90. The third-order valence-corrected chi connectivity index (χ3v) is 3.69. The number of carbonyl (C=O) groups is 2. The molecule has 0 bridgehead atoms. The molecule has 0 radical (unpaired) electrons. The molecule has 2 aliphatic heterocycles. The summed E-state index contributed by atoms with van der Waals surface area (Å²) in [5.41, 5.74) is 0.873. The van der Waals surface area contributed by atoms with Crippen LogP contribution in [0.25, 0.3) is 0 Å². The molecule has 2 aliphatic rings. The maximum atomic E-state index is 12.3. The van der Waals surface area contributed by atoms with E-state index in [0.29, 0.717) is 0 Å². The monoisotopic (exact) mass is 307 g/mol. The van der Waals surface area contributed by atoms with Gasteiger partial charge in [0.2, 0.25) is 0 Å². The first-order valence-corrected chi connectivity index (χ1v) is 7.01. The number of fused-ring (bicyclic) bond motifs is 1. The van der Waals surface area contributed by atoms with Crippen molar-refractivity contribution in [1.82, 2.24) is 4.90 Å². The van der Waals surface area contributed by atoms with E-state index in [-0.39, 0.29) is 19.8 Å². The number of hydrogen-bond acceptors (Lipinski definition) is 6. The zero-order valence-electron chi connectivity index (χ0n) is 12.1. The normalized spacial score (nSPS) is 27.2. The molecule has 2 saturated heterocycles. The van der Waals surface area contributed by atoms with Crippen LogP contribution in [-0.2, 0) is 30.3 Å². The van der Waals surface area contributed by atoms with Crippen molar-refractivity contribution in [3.63, 3.8) is 0 Å². The van der Waals surface area contributed by atoms with Crippen molar-refractivity contribution >= 4 is 12.1 Å². The first-order chi connectivity index (χ1) is 10.7. The molecule has 0 aliphatic carbocycles. The van der Waals surface area contributed by atoms with Crippen LogP contribution in [-0.4, -0.2) is 55.7 Å². The average Bonchev–Trinajstić information content (AvgIpc) is 2.94. The highest BCUT2D eigenvalue weighted by molar-refractivity contribution is 5.84. The van der Waals surface area contributed by atoms with Gasteiger partial charge in [-0.05, 0) is 5.56 Å². The minimum Gasteiger partial charge on any atom is -0.461 e. The fraction of sp³-hybridized carbons (Fsp3) is 0.467. The Kier molecular flexibility index (Phi) is 4.26. The molecule has 1 aromatic rings. The van der Waals surface area contributed by atoms with E-state index in [1.165, 1.54) is 12.0 Å². The predicted molar refractivity (Wildman–Crippen MR) is 73.8 cm³/mol. The highest BCUT2D eigenvalue weighted by Crippen LogP contribution is 2.26. The molecule has 0 spiro atoms. The van der Waals surface area contributed by atoms with Crippen molar-refractivity contribution in [2.75, 3.05) is 20.3 Å². The summed E-state index contributed by atoms with van der Waals surface area (Å²) in [4.78, 5) is 25.4. The Morgan fingerprint density at radius 1 is 1.36 bits per heavy atom. The lowest BCUT2D eigenvalue weighted by Gasteiger charge is -2.37. The van der Waals surface area contributed by atoms with Crippen molar-refractivity contribution in [3.8, 4) is 0 Å². The summed E-state index contributed by atoms with van der Waals surface area (Å²) in [5.74, 6) is -0.476. The van der Waals surface area contributed by atoms with Crippen LogP contribution < -0.4 is 0 Å². The predicted octanol–water partition coefficient (Wildman–Crippen LogP) is 0.922. The minimum atomic E-state index is -0.769. The van der Waals surface area contributed by atoms with Gasteiger partial charge in [-0.15, -0.1) is 0 Å². The van der Waals surface area contributed by atoms with Gasteiger partial charge in [-0.25, -0.2) is 9.59 Å². The van der Waals surface area contributed by atoms with Gasteiger partial charge in [0.15, 0.2) is 12.3 Å². The van der Waals surface area contributed by atoms with E-state index >= 15 is 0 Å². The molecule has 7 heteroatoms. The van der Waals surface area contributed by atoms with Crippen molar-refractivity contribution < 1.29 is 28.5 Å². The molecule has 1 aromatic carbocycles. The van der Waals surface area contributed by atoms with E-state index in [4.69, 9.17) is 18.9 Å². The molecule has 0 N–H and O–H groups in total. The van der Waals surface area contributed by atoms with Gasteiger partial charge in [0.1, 0.15) is 19.3 Å². The summed E-state index contributed by atoms with van der Waals surface area (Å²) < 4.78 is 20.9. The van der Waals surface area contributed by atoms with Gasteiger partial charge in [0, 0.05) is 7.11 Å². The van der Waals surface area contributed by atoms with Crippen molar-refractivity contribution in [1.29, 1.82) is 0 Å². The topological polar surface area (TPSA) is 74.3 Å². The lowest BCUT2D eigenvalue weighted by molar-refractivity contribution is -0.201. The number of cyclic esters (lactones) is 1.